The van der Waals surface area contributed by atoms with Crippen molar-refractivity contribution in [2.24, 2.45) is 0 Å². The summed E-state index contributed by atoms with van der Waals surface area (Å²) in [7, 11) is 0. The smallest absolute Gasteiger partial charge is 0.330 e. The van der Waals surface area contributed by atoms with Crippen LogP contribution in [0.2, 0.25) is 0 Å². The number of rotatable bonds is 7. The van der Waals surface area contributed by atoms with Gasteiger partial charge in [0.25, 0.3) is 0 Å². The second kappa shape index (κ2) is 7.59. The molecule has 0 aromatic heterocycles. The molecule has 0 aliphatic rings. The lowest BCUT2D eigenvalue weighted by Gasteiger charge is -2.11. The molecule has 0 N–H and O–H groups in total. The Labute approximate surface area is 80.3 Å². The van der Waals surface area contributed by atoms with E-state index in [0.29, 0.717) is 0 Å². The molecule has 0 aromatic carbocycles. The number of ether oxygens (including phenoxy) is 1. The van der Waals surface area contributed by atoms with E-state index in [9.17, 15) is 4.79 Å². The van der Waals surface area contributed by atoms with Crippen LogP contribution in [0, 0.1) is 0 Å². The van der Waals surface area contributed by atoms with Crippen molar-refractivity contribution in [2.75, 3.05) is 0 Å². The normalized spacial score (nSPS) is 11.8. The van der Waals surface area contributed by atoms with Gasteiger partial charge in [-0.25, -0.2) is 4.79 Å². The molecule has 0 radical (unpaired) electrons. The molecular weight excluding hydrogens is 164 g/mol. The average molecular weight is 182 g/mol. The molecular formula is C11H18O2. The van der Waals surface area contributed by atoms with Gasteiger partial charge in [-0.05, 0) is 12.8 Å². The minimum atomic E-state index is -0.374. The molecule has 2 nitrogen and oxygen atoms in total. The van der Waals surface area contributed by atoms with E-state index in [1.807, 2.05) is 0 Å². The lowest BCUT2D eigenvalue weighted by atomic mass is 10.1. The lowest BCUT2D eigenvalue weighted by Crippen LogP contribution is -2.13. The predicted octanol–water partition coefficient (Wildman–Crippen LogP) is 2.85. The molecule has 0 saturated carbocycles. The minimum absolute atomic E-state index is 0.156. The Morgan fingerprint density at radius 3 is 2.62 bits per heavy atom. The highest BCUT2D eigenvalue weighted by Crippen LogP contribution is 2.07. The van der Waals surface area contributed by atoms with E-state index in [4.69, 9.17) is 4.74 Å². The fourth-order valence-electron chi connectivity index (χ4n) is 1.02. The third kappa shape index (κ3) is 6.14. The maximum Gasteiger partial charge on any atom is 0.330 e. The standard InChI is InChI=1S/C11H18O2/c1-4-7-8-9-10(5-2)13-11(12)6-3/h5-6,10H,2-4,7-9H2,1H3. The molecule has 0 bridgehead atoms. The first-order valence-corrected chi connectivity index (χ1v) is 4.70. The van der Waals surface area contributed by atoms with E-state index in [2.05, 4.69) is 20.1 Å². The van der Waals surface area contributed by atoms with E-state index in [1.54, 1.807) is 6.08 Å². The van der Waals surface area contributed by atoms with Crippen LogP contribution in [0.25, 0.3) is 0 Å². The summed E-state index contributed by atoms with van der Waals surface area (Å²) in [6.45, 7) is 9.09. The van der Waals surface area contributed by atoms with Crippen LogP contribution in [-0.2, 0) is 9.53 Å². The minimum Gasteiger partial charge on any atom is -0.455 e. The Hall–Kier alpha value is -1.05. The quantitative estimate of drug-likeness (QED) is 0.262. The van der Waals surface area contributed by atoms with Crippen molar-refractivity contribution in [2.45, 2.75) is 38.7 Å². The van der Waals surface area contributed by atoms with E-state index in [-0.39, 0.29) is 12.1 Å². The lowest BCUT2D eigenvalue weighted by molar-refractivity contribution is -0.141. The van der Waals surface area contributed by atoms with Crippen LogP contribution in [-0.4, -0.2) is 12.1 Å². The van der Waals surface area contributed by atoms with Crippen molar-refractivity contribution in [1.82, 2.24) is 0 Å². The fraction of sp³-hybridized carbons (Fsp3) is 0.545. The van der Waals surface area contributed by atoms with Gasteiger partial charge in [0.05, 0.1) is 0 Å². The van der Waals surface area contributed by atoms with E-state index in [0.717, 1.165) is 19.3 Å². The summed E-state index contributed by atoms with van der Waals surface area (Å²) in [5, 5.41) is 0. The van der Waals surface area contributed by atoms with Crippen LogP contribution in [0.1, 0.15) is 32.6 Å². The summed E-state index contributed by atoms with van der Waals surface area (Å²) in [6, 6.07) is 0. The molecule has 0 heterocycles. The van der Waals surface area contributed by atoms with Crippen LogP contribution in [0.4, 0.5) is 0 Å². The van der Waals surface area contributed by atoms with Crippen molar-refractivity contribution in [1.29, 1.82) is 0 Å². The highest BCUT2D eigenvalue weighted by molar-refractivity contribution is 5.81. The third-order valence-corrected chi connectivity index (χ3v) is 1.79. The number of hydrogen-bond acceptors (Lipinski definition) is 2. The largest absolute Gasteiger partial charge is 0.455 e. The van der Waals surface area contributed by atoms with E-state index >= 15 is 0 Å². The average Bonchev–Trinajstić information content (AvgIpc) is 2.16. The highest BCUT2D eigenvalue weighted by Gasteiger charge is 2.06. The summed E-state index contributed by atoms with van der Waals surface area (Å²) in [5.74, 6) is -0.374. The van der Waals surface area contributed by atoms with Crippen molar-refractivity contribution < 1.29 is 9.53 Å². The zero-order valence-electron chi connectivity index (χ0n) is 8.29. The molecule has 0 aliphatic carbocycles. The number of carbonyl (C=O) groups is 1. The van der Waals surface area contributed by atoms with Crippen LogP contribution in [0.5, 0.6) is 0 Å². The maximum atomic E-state index is 10.8. The third-order valence-electron chi connectivity index (χ3n) is 1.79. The van der Waals surface area contributed by atoms with Crippen molar-refractivity contribution in [3.63, 3.8) is 0 Å². The van der Waals surface area contributed by atoms with Gasteiger partial charge in [-0.2, -0.15) is 0 Å². The number of esters is 1. The summed E-state index contributed by atoms with van der Waals surface area (Å²) < 4.78 is 5.02. The van der Waals surface area contributed by atoms with Gasteiger partial charge in [-0.3, -0.25) is 0 Å². The summed E-state index contributed by atoms with van der Waals surface area (Å²) in [4.78, 5) is 10.8. The zero-order valence-corrected chi connectivity index (χ0v) is 8.29. The van der Waals surface area contributed by atoms with Crippen LogP contribution < -0.4 is 0 Å². The Balaban J connectivity index is 3.68. The van der Waals surface area contributed by atoms with Gasteiger partial charge in [0.2, 0.25) is 0 Å². The summed E-state index contributed by atoms with van der Waals surface area (Å²) in [6.07, 6.45) is 6.94. The van der Waals surface area contributed by atoms with Crippen LogP contribution >= 0.6 is 0 Å². The molecule has 0 amide bonds. The van der Waals surface area contributed by atoms with E-state index < -0.39 is 0 Å². The van der Waals surface area contributed by atoms with Gasteiger partial charge in [-0.15, -0.1) is 0 Å². The molecule has 74 valence electrons. The molecule has 0 saturated heterocycles. The number of carbonyl (C=O) groups excluding carboxylic acids is 1. The SMILES string of the molecule is C=CC(=O)OC(C=C)CCCCC. The van der Waals surface area contributed by atoms with Gasteiger partial charge in [0.1, 0.15) is 6.10 Å². The number of hydrogen-bond donors (Lipinski definition) is 0. The second-order valence-corrected chi connectivity index (χ2v) is 2.91. The first kappa shape index (κ1) is 11.9. The Morgan fingerprint density at radius 2 is 2.15 bits per heavy atom. The maximum absolute atomic E-state index is 10.8. The van der Waals surface area contributed by atoms with Gasteiger partial charge >= 0.3 is 5.97 Å². The van der Waals surface area contributed by atoms with Crippen LogP contribution in [0.3, 0.4) is 0 Å². The molecule has 0 fully saturated rings. The topological polar surface area (TPSA) is 26.3 Å². The number of unbranched alkanes of at least 4 members (excludes halogenated alkanes) is 2. The van der Waals surface area contributed by atoms with Gasteiger partial charge < -0.3 is 4.74 Å². The monoisotopic (exact) mass is 182 g/mol. The summed E-state index contributed by atoms with van der Waals surface area (Å²) >= 11 is 0. The van der Waals surface area contributed by atoms with Crippen LogP contribution in [0.15, 0.2) is 25.3 Å². The molecule has 1 atom stereocenters. The first-order valence-electron chi connectivity index (χ1n) is 4.70. The molecule has 1 unspecified atom stereocenters. The zero-order chi connectivity index (χ0) is 10.1. The molecule has 0 rings (SSSR count). The summed E-state index contributed by atoms with van der Waals surface area (Å²) in [5.41, 5.74) is 0. The first-order chi connectivity index (χ1) is 6.24. The molecule has 2 heteroatoms. The Kier molecular flexibility index (Phi) is 6.98. The van der Waals surface area contributed by atoms with Gasteiger partial charge in [-0.1, -0.05) is 39.0 Å². The highest BCUT2D eigenvalue weighted by atomic mass is 16.5. The van der Waals surface area contributed by atoms with Crippen molar-refractivity contribution in [3.8, 4) is 0 Å². The van der Waals surface area contributed by atoms with Gasteiger partial charge in [0.15, 0.2) is 0 Å². The molecule has 0 aromatic rings. The van der Waals surface area contributed by atoms with Crippen molar-refractivity contribution in [3.05, 3.63) is 25.3 Å². The molecule has 0 aliphatic heterocycles. The molecule has 13 heavy (non-hydrogen) atoms. The Bertz CT molecular complexity index is 173. The predicted molar refractivity (Wildman–Crippen MR) is 54.4 cm³/mol. The van der Waals surface area contributed by atoms with E-state index in [1.165, 1.54) is 12.5 Å². The molecule has 0 spiro atoms. The Morgan fingerprint density at radius 1 is 1.46 bits per heavy atom. The van der Waals surface area contributed by atoms with Gasteiger partial charge in [0, 0.05) is 6.08 Å². The second-order valence-electron chi connectivity index (χ2n) is 2.91. The van der Waals surface area contributed by atoms with Crippen molar-refractivity contribution >= 4 is 5.97 Å². The fourth-order valence-corrected chi connectivity index (χ4v) is 1.02.